The Bertz CT molecular complexity index is 837. The van der Waals surface area contributed by atoms with Crippen LogP contribution in [-0.4, -0.2) is 42.1 Å². The topological polar surface area (TPSA) is 92.3 Å². The predicted molar refractivity (Wildman–Crippen MR) is 107 cm³/mol. The van der Waals surface area contributed by atoms with Gasteiger partial charge in [-0.3, -0.25) is 14.4 Å². The van der Waals surface area contributed by atoms with E-state index in [-0.39, 0.29) is 0 Å². The molecule has 1 aromatic carbocycles. The fourth-order valence-corrected chi connectivity index (χ4v) is 5.52. The van der Waals surface area contributed by atoms with Crippen LogP contribution in [0.15, 0.2) is 34.7 Å². The fourth-order valence-electron chi connectivity index (χ4n) is 2.33. The second-order valence-electron chi connectivity index (χ2n) is 5.85. The van der Waals surface area contributed by atoms with Crippen molar-refractivity contribution in [2.24, 2.45) is 0 Å². The second-order valence-corrected chi connectivity index (χ2v) is 10.5. The maximum absolute atomic E-state index is 12.8. The van der Waals surface area contributed by atoms with Crippen molar-refractivity contribution in [3.63, 3.8) is 0 Å². The minimum absolute atomic E-state index is 0.320. The van der Waals surface area contributed by atoms with E-state index in [2.05, 4.69) is 15.5 Å². The van der Waals surface area contributed by atoms with E-state index in [0.29, 0.717) is 22.5 Å². The largest absolute Gasteiger partial charge is 0.299 e. The third-order valence-electron chi connectivity index (χ3n) is 3.31. The molecule has 1 atom stereocenters. The molecule has 0 fully saturated rings. The molecular weight excluding hydrogens is 392 g/mol. The van der Waals surface area contributed by atoms with Crippen LogP contribution < -0.4 is 9.62 Å². The smallest absolute Gasteiger partial charge is 0.250 e. The Kier molecular flexibility index (Phi) is 7.01. The lowest BCUT2D eigenvalue weighted by atomic mass is 10.2. The lowest BCUT2D eigenvalue weighted by molar-refractivity contribution is -0.117. The molecule has 10 heteroatoms. The van der Waals surface area contributed by atoms with Crippen LogP contribution in [0.2, 0.25) is 0 Å². The van der Waals surface area contributed by atoms with Crippen LogP contribution in [-0.2, 0) is 14.8 Å². The third-order valence-corrected chi connectivity index (χ3v) is 6.42. The molecule has 0 aliphatic heterocycles. The summed E-state index contributed by atoms with van der Waals surface area (Å²) in [6, 6.07) is 7.72. The SMILES string of the molecule is CCC(C(=O)Nc1nnc(SC(C)C)s1)N(c1ccccc1)S(C)(=O)=O. The highest BCUT2D eigenvalue weighted by Gasteiger charge is 2.31. The number of carbonyl (C=O) groups excluding carboxylic acids is 1. The zero-order valence-corrected chi connectivity index (χ0v) is 17.5. The van der Waals surface area contributed by atoms with Gasteiger partial charge >= 0.3 is 0 Å². The van der Waals surface area contributed by atoms with Gasteiger partial charge in [0.15, 0.2) is 4.34 Å². The molecule has 7 nitrogen and oxygen atoms in total. The molecule has 2 rings (SSSR count). The maximum Gasteiger partial charge on any atom is 0.250 e. The van der Waals surface area contributed by atoms with Crippen LogP contribution in [0, 0.1) is 0 Å². The van der Waals surface area contributed by atoms with Gasteiger partial charge < -0.3 is 0 Å². The van der Waals surface area contributed by atoms with Gasteiger partial charge in [0.25, 0.3) is 0 Å². The predicted octanol–water partition coefficient (Wildman–Crippen LogP) is 3.22. The number of anilines is 2. The summed E-state index contributed by atoms with van der Waals surface area (Å²) in [5.41, 5.74) is 0.449. The van der Waals surface area contributed by atoms with E-state index in [4.69, 9.17) is 0 Å². The molecule has 0 radical (unpaired) electrons. The molecule has 0 spiro atoms. The monoisotopic (exact) mass is 414 g/mol. The molecule has 0 aliphatic carbocycles. The van der Waals surface area contributed by atoms with Gasteiger partial charge in [-0.15, -0.1) is 10.2 Å². The summed E-state index contributed by atoms with van der Waals surface area (Å²) < 4.78 is 26.6. The molecule has 26 heavy (non-hydrogen) atoms. The highest BCUT2D eigenvalue weighted by atomic mass is 32.2. The van der Waals surface area contributed by atoms with Crippen LogP contribution in [0.5, 0.6) is 0 Å². The molecule has 142 valence electrons. The van der Waals surface area contributed by atoms with E-state index < -0.39 is 22.0 Å². The molecule has 0 saturated carbocycles. The third kappa shape index (κ3) is 5.42. The van der Waals surface area contributed by atoms with Crippen molar-refractivity contribution in [1.29, 1.82) is 0 Å². The Balaban J connectivity index is 2.24. The van der Waals surface area contributed by atoms with Gasteiger partial charge in [-0.25, -0.2) is 8.42 Å². The summed E-state index contributed by atoms with van der Waals surface area (Å²) in [5, 5.41) is 11.4. The van der Waals surface area contributed by atoms with Crippen molar-refractivity contribution in [2.75, 3.05) is 15.9 Å². The number of benzene rings is 1. The zero-order chi connectivity index (χ0) is 19.3. The number of rotatable bonds is 8. The Morgan fingerprint density at radius 3 is 2.46 bits per heavy atom. The quantitative estimate of drug-likeness (QED) is 0.527. The lowest BCUT2D eigenvalue weighted by Gasteiger charge is -2.29. The van der Waals surface area contributed by atoms with Crippen molar-refractivity contribution in [2.45, 2.75) is 42.8 Å². The van der Waals surface area contributed by atoms with Gasteiger partial charge in [0.2, 0.25) is 21.1 Å². The zero-order valence-electron chi connectivity index (χ0n) is 15.0. The van der Waals surface area contributed by atoms with Crippen LogP contribution in [0.25, 0.3) is 0 Å². The number of amides is 1. The first-order chi connectivity index (χ1) is 12.2. The molecular formula is C16H22N4O3S3. The van der Waals surface area contributed by atoms with Crippen molar-refractivity contribution in [3.05, 3.63) is 30.3 Å². The molecule has 0 saturated heterocycles. The van der Waals surface area contributed by atoms with Gasteiger partial charge in [0.05, 0.1) is 11.9 Å². The summed E-state index contributed by atoms with van der Waals surface area (Å²) in [6.07, 6.45) is 1.42. The molecule has 1 amide bonds. The number of thioether (sulfide) groups is 1. The summed E-state index contributed by atoms with van der Waals surface area (Å²) in [4.78, 5) is 12.8. The molecule has 1 aromatic heterocycles. The minimum Gasteiger partial charge on any atom is -0.299 e. The van der Waals surface area contributed by atoms with Crippen molar-refractivity contribution in [1.82, 2.24) is 10.2 Å². The van der Waals surface area contributed by atoms with E-state index in [1.807, 2.05) is 13.8 Å². The van der Waals surface area contributed by atoms with E-state index in [1.165, 1.54) is 11.3 Å². The van der Waals surface area contributed by atoms with E-state index in [1.54, 1.807) is 49.0 Å². The average molecular weight is 415 g/mol. The first kappa shape index (κ1) is 20.7. The Hall–Kier alpha value is -1.65. The van der Waals surface area contributed by atoms with Gasteiger partial charge in [-0.2, -0.15) is 0 Å². The summed E-state index contributed by atoms with van der Waals surface area (Å²) in [6.45, 7) is 5.86. The molecule has 1 heterocycles. The van der Waals surface area contributed by atoms with Gasteiger partial charge in [0, 0.05) is 5.25 Å². The van der Waals surface area contributed by atoms with Crippen LogP contribution >= 0.6 is 23.1 Å². The van der Waals surface area contributed by atoms with Gasteiger partial charge in [0.1, 0.15) is 6.04 Å². The minimum atomic E-state index is -3.64. The highest BCUT2D eigenvalue weighted by Crippen LogP contribution is 2.29. The van der Waals surface area contributed by atoms with Crippen LogP contribution in [0.1, 0.15) is 27.2 Å². The standard InChI is InChI=1S/C16H22N4O3S3/c1-5-13(20(26(4,22)23)12-9-7-6-8-10-12)14(21)17-15-18-19-16(25-15)24-11(2)3/h6-11,13H,5H2,1-4H3,(H,17,18,21). The summed E-state index contributed by atoms with van der Waals surface area (Å²) in [5.74, 6) is -0.431. The Labute approximate surface area is 162 Å². The molecule has 1 unspecified atom stereocenters. The van der Waals surface area contributed by atoms with Gasteiger partial charge in [-0.1, -0.05) is 62.1 Å². The highest BCUT2D eigenvalue weighted by molar-refractivity contribution is 8.01. The number of hydrogen-bond acceptors (Lipinski definition) is 7. The van der Waals surface area contributed by atoms with Gasteiger partial charge in [-0.05, 0) is 18.6 Å². The first-order valence-electron chi connectivity index (χ1n) is 8.07. The van der Waals surface area contributed by atoms with Crippen LogP contribution in [0.3, 0.4) is 0 Å². The number of aromatic nitrogens is 2. The number of para-hydroxylation sites is 1. The number of nitrogens with one attached hydrogen (secondary N) is 1. The Morgan fingerprint density at radius 2 is 1.92 bits per heavy atom. The normalized spacial score (nSPS) is 12.8. The van der Waals surface area contributed by atoms with E-state index in [9.17, 15) is 13.2 Å². The van der Waals surface area contributed by atoms with Crippen molar-refractivity contribution in [3.8, 4) is 0 Å². The number of nitrogens with zero attached hydrogens (tertiary/aromatic N) is 3. The van der Waals surface area contributed by atoms with Crippen molar-refractivity contribution < 1.29 is 13.2 Å². The second kappa shape index (κ2) is 8.83. The van der Waals surface area contributed by atoms with Crippen LogP contribution in [0.4, 0.5) is 10.8 Å². The molecule has 0 aliphatic rings. The lowest BCUT2D eigenvalue weighted by Crippen LogP contribution is -2.46. The fraction of sp³-hybridized carbons (Fsp3) is 0.438. The maximum atomic E-state index is 12.8. The molecule has 1 N–H and O–H groups in total. The molecule has 0 bridgehead atoms. The van der Waals surface area contributed by atoms with E-state index in [0.717, 1.165) is 14.9 Å². The van der Waals surface area contributed by atoms with Crippen molar-refractivity contribution >= 4 is 49.8 Å². The summed E-state index contributed by atoms with van der Waals surface area (Å²) in [7, 11) is -3.64. The molecule has 2 aromatic rings. The first-order valence-corrected chi connectivity index (χ1v) is 11.6. The average Bonchev–Trinajstić information content (AvgIpc) is 2.98. The van der Waals surface area contributed by atoms with E-state index >= 15 is 0 Å². The number of hydrogen-bond donors (Lipinski definition) is 1. The number of carbonyl (C=O) groups is 1. The summed E-state index contributed by atoms with van der Waals surface area (Å²) >= 11 is 2.83. The number of sulfonamides is 1. The Morgan fingerprint density at radius 1 is 1.27 bits per heavy atom.